The number of nitrogens with zero attached hydrogens (tertiary/aromatic N) is 4. The van der Waals surface area contributed by atoms with Crippen LogP contribution in [-0.4, -0.2) is 33.0 Å². The SMILES string of the molecule is Cn1cnc([N+](=O)[O-])c1N1CCC[C@H]1C(=O)NCc1ccco1. The molecular weight excluding hydrogens is 302 g/mol. The number of imidazole rings is 1. The maximum absolute atomic E-state index is 12.4. The van der Waals surface area contributed by atoms with Crippen molar-refractivity contribution in [2.45, 2.75) is 25.4 Å². The molecule has 1 aliphatic rings. The molecule has 1 N–H and O–H groups in total. The number of amides is 1. The van der Waals surface area contributed by atoms with Crippen LogP contribution in [0.3, 0.4) is 0 Å². The van der Waals surface area contributed by atoms with Gasteiger partial charge in [0.05, 0.1) is 12.8 Å². The fourth-order valence-corrected chi connectivity index (χ4v) is 2.87. The Balaban J connectivity index is 1.76. The van der Waals surface area contributed by atoms with E-state index in [9.17, 15) is 14.9 Å². The Bertz CT molecular complexity index is 709. The molecule has 1 atom stereocenters. The molecule has 0 bridgehead atoms. The Morgan fingerprint density at radius 1 is 1.61 bits per heavy atom. The predicted octanol–water partition coefficient (Wildman–Crippen LogP) is 1.21. The molecule has 0 unspecified atom stereocenters. The van der Waals surface area contributed by atoms with Crippen molar-refractivity contribution in [3.63, 3.8) is 0 Å². The zero-order valence-corrected chi connectivity index (χ0v) is 12.6. The zero-order chi connectivity index (χ0) is 16.4. The molecule has 9 nitrogen and oxygen atoms in total. The highest BCUT2D eigenvalue weighted by atomic mass is 16.6. The van der Waals surface area contributed by atoms with Gasteiger partial charge in [-0.1, -0.05) is 0 Å². The molecule has 0 radical (unpaired) electrons. The van der Waals surface area contributed by atoms with Crippen LogP contribution in [-0.2, 0) is 18.4 Å². The molecule has 1 fully saturated rings. The van der Waals surface area contributed by atoms with E-state index >= 15 is 0 Å². The van der Waals surface area contributed by atoms with Crippen molar-refractivity contribution in [1.29, 1.82) is 0 Å². The summed E-state index contributed by atoms with van der Waals surface area (Å²) in [6.07, 6.45) is 4.37. The van der Waals surface area contributed by atoms with Crippen LogP contribution in [0.5, 0.6) is 0 Å². The van der Waals surface area contributed by atoms with Gasteiger partial charge in [0.25, 0.3) is 0 Å². The average molecular weight is 319 g/mol. The van der Waals surface area contributed by atoms with Crippen molar-refractivity contribution in [3.8, 4) is 0 Å². The highest BCUT2D eigenvalue weighted by Crippen LogP contribution is 2.32. The van der Waals surface area contributed by atoms with Crippen LogP contribution in [0.15, 0.2) is 29.1 Å². The van der Waals surface area contributed by atoms with E-state index in [2.05, 4.69) is 10.3 Å². The van der Waals surface area contributed by atoms with Gasteiger partial charge in [0, 0.05) is 13.6 Å². The largest absolute Gasteiger partial charge is 0.467 e. The van der Waals surface area contributed by atoms with Crippen LogP contribution < -0.4 is 10.2 Å². The van der Waals surface area contributed by atoms with Crippen molar-refractivity contribution in [1.82, 2.24) is 14.9 Å². The van der Waals surface area contributed by atoms with Crippen LogP contribution in [0.4, 0.5) is 11.6 Å². The van der Waals surface area contributed by atoms with Gasteiger partial charge >= 0.3 is 5.82 Å². The standard InChI is InChI=1S/C14H17N5O4/c1-17-9-16-12(19(21)22)14(17)18-6-2-5-11(18)13(20)15-8-10-4-3-7-23-10/h3-4,7,9,11H,2,5-6,8H2,1H3,(H,15,20)/t11-/m0/s1. The summed E-state index contributed by atoms with van der Waals surface area (Å²) in [5.41, 5.74) is 0. The number of carbonyl (C=O) groups excluding carboxylic acids is 1. The van der Waals surface area contributed by atoms with Gasteiger partial charge in [-0.2, -0.15) is 0 Å². The Morgan fingerprint density at radius 3 is 3.13 bits per heavy atom. The summed E-state index contributed by atoms with van der Waals surface area (Å²) in [7, 11) is 1.69. The van der Waals surface area contributed by atoms with Crippen molar-refractivity contribution < 1.29 is 14.1 Å². The summed E-state index contributed by atoms with van der Waals surface area (Å²) in [6.45, 7) is 0.878. The maximum Gasteiger partial charge on any atom is 0.406 e. The summed E-state index contributed by atoms with van der Waals surface area (Å²) < 4.78 is 6.76. The lowest BCUT2D eigenvalue weighted by atomic mass is 10.2. The van der Waals surface area contributed by atoms with Crippen LogP contribution in [0.2, 0.25) is 0 Å². The number of aryl methyl sites for hydroxylation is 1. The normalized spacial score (nSPS) is 17.4. The van der Waals surface area contributed by atoms with E-state index < -0.39 is 11.0 Å². The first-order valence-corrected chi connectivity index (χ1v) is 7.30. The lowest BCUT2D eigenvalue weighted by Crippen LogP contribution is -2.43. The van der Waals surface area contributed by atoms with E-state index in [-0.39, 0.29) is 11.7 Å². The third-order valence-electron chi connectivity index (χ3n) is 3.90. The molecule has 2 aromatic rings. The number of aromatic nitrogens is 2. The van der Waals surface area contributed by atoms with Crippen molar-refractivity contribution >= 4 is 17.5 Å². The Morgan fingerprint density at radius 2 is 2.43 bits per heavy atom. The lowest BCUT2D eigenvalue weighted by molar-refractivity contribution is -0.388. The van der Waals surface area contributed by atoms with Gasteiger partial charge in [-0.3, -0.25) is 9.36 Å². The van der Waals surface area contributed by atoms with Gasteiger partial charge in [0.15, 0.2) is 0 Å². The lowest BCUT2D eigenvalue weighted by Gasteiger charge is -2.24. The molecule has 1 saturated heterocycles. The van der Waals surface area contributed by atoms with Crippen LogP contribution in [0.25, 0.3) is 0 Å². The first-order valence-electron chi connectivity index (χ1n) is 7.30. The van der Waals surface area contributed by atoms with Crippen LogP contribution in [0.1, 0.15) is 18.6 Å². The molecule has 2 aromatic heterocycles. The van der Waals surface area contributed by atoms with E-state index in [4.69, 9.17) is 4.42 Å². The summed E-state index contributed by atoms with van der Waals surface area (Å²) in [5.74, 6) is 0.632. The monoisotopic (exact) mass is 319 g/mol. The van der Waals surface area contributed by atoms with E-state index in [0.29, 0.717) is 31.1 Å². The fraction of sp³-hybridized carbons (Fsp3) is 0.429. The highest BCUT2D eigenvalue weighted by molar-refractivity contribution is 5.86. The quantitative estimate of drug-likeness (QED) is 0.655. The van der Waals surface area contributed by atoms with Gasteiger partial charge in [-0.25, -0.2) is 0 Å². The molecule has 122 valence electrons. The van der Waals surface area contributed by atoms with Crippen LogP contribution in [0, 0.1) is 10.1 Å². The van der Waals surface area contributed by atoms with E-state index in [0.717, 1.165) is 6.42 Å². The molecule has 9 heteroatoms. The topological polar surface area (TPSA) is 106 Å². The summed E-state index contributed by atoms with van der Waals surface area (Å²) in [4.78, 5) is 28.6. The molecule has 0 aliphatic carbocycles. The molecule has 1 amide bonds. The van der Waals surface area contributed by atoms with Crippen molar-refractivity contribution in [3.05, 3.63) is 40.6 Å². The fourth-order valence-electron chi connectivity index (χ4n) is 2.87. The first kappa shape index (κ1) is 15.1. The Hall–Kier alpha value is -2.84. The average Bonchev–Trinajstić information content (AvgIpc) is 3.24. The summed E-state index contributed by atoms with van der Waals surface area (Å²) in [6, 6.07) is 3.08. The summed E-state index contributed by atoms with van der Waals surface area (Å²) in [5, 5.41) is 14.0. The van der Waals surface area contributed by atoms with E-state index in [1.165, 1.54) is 6.33 Å². The maximum atomic E-state index is 12.4. The van der Waals surface area contributed by atoms with Crippen molar-refractivity contribution in [2.75, 3.05) is 11.4 Å². The second-order valence-electron chi connectivity index (χ2n) is 5.41. The highest BCUT2D eigenvalue weighted by Gasteiger charge is 2.37. The number of carbonyl (C=O) groups is 1. The number of furan rings is 1. The summed E-state index contributed by atoms with van der Waals surface area (Å²) >= 11 is 0. The third kappa shape index (κ3) is 2.89. The molecule has 0 saturated carbocycles. The number of hydrogen-bond donors (Lipinski definition) is 1. The number of hydrogen-bond acceptors (Lipinski definition) is 6. The predicted molar refractivity (Wildman–Crippen MR) is 80.8 cm³/mol. The number of anilines is 1. The minimum atomic E-state index is -0.522. The van der Waals surface area contributed by atoms with Gasteiger partial charge in [-0.05, 0) is 34.9 Å². The van der Waals surface area contributed by atoms with Gasteiger partial charge in [0.1, 0.15) is 11.8 Å². The minimum absolute atomic E-state index is 0.172. The Kier molecular flexibility index (Phi) is 4.00. The van der Waals surface area contributed by atoms with E-state index in [1.807, 2.05) is 0 Å². The van der Waals surface area contributed by atoms with Gasteiger partial charge < -0.3 is 24.7 Å². The van der Waals surface area contributed by atoms with Gasteiger partial charge in [-0.15, -0.1) is 0 Å². The molecule has 3 rings (SSSR count). The van der Waals surface area contributed by atoms with E-state index in [1.54, 1.807) is 34.9 Å². The molecule has 23 heavy (non-hydrogen) atoms. The molecular formula is C14H17N5O4. The van der Waals surface area contributed by atoms with Crippen LogP contribution >= 0.6 is 0 Å². The molecule has 0 spiro atoms. The van der Waals surface area contributed by atoms with Gasteiger partial charge in [0.2, 0.25) is 18.1 Å². The zero-order valence-electron chi connectivity index (χ0n) is 12.6. The minimum Gasteiger partial charge on any atom is -0.467 e. The number of nitrogens with one attached hydrogen (secondary N) is 1. The first-order chi connectivity index (χ1) is 11.1. The third-order valence-corrected chi connectivity index (χ3v) is 3.90. The number of nitro groups is 1. The molecule has 0 aromatic carbocycles. The molecule has 3 heterocycles. The molecule has 1 aliphatic heterocycles. The Labute approximate surface area is 132 Å². The smallest absolute Gasteiger partial charge is 0.406 e. The van der Waals surface area contributed by atoms with Crippen molar-refractivity contribution in [2.24, 2.45) is 7.05 Å². The number of rotatable bonds is 5. The second-order valence-corrected chi connectivity index (χ2v) is 5.41. The second kappa shape index (κ2) is 6.11.